The van der Waals surface area contributed by atoms with Crippen molar-refractivity contribution < 1.29 is 0 Å². The van der Waals surface area contributed by atoms with E-state index in [9.17, 15) is 0 Å². The molecule has 0 aliphatic carbocycles. The SMILES string of the molecule is CC(CN)CCCc1ccsc1. The Kier molecular flexibility index (Phi) is 4.33. The van der Waals surface area contributed by atoms with E-state index in [1.54, 1.807) is 11.3 Å². The average Bonchev–Trinajstić information content (AvgIpc) is 2.57. The molecule has 0 fully saturated rings. The zero-order chi connectivity index (χ0) is 8.81. The molecule has 0 saturated heterocycles. The molecule has 0 amide bonds. The second-order valence-electron chi connectivity index (χ2n) is 3.36. The van der Waals surface area contributed by atoms with E-state index in [0.717, 1.165) is 6.54 Å². The van der Waals surface area contributed by atoms with E-state index in [1.165, 1.54) is 24.8 Å². The molecule has 0 aromatic carbocycles. The zero-order valence-corrected chi connectivity index (χ0v) is 8.44. The summed E-state index contributed by atoms with van der Waals surface area (Å²) in [5, 5.41) is 4.37. The van der Waals surface area contributed by atoms with Crippen LogP contribution in [0.5, 0.6) is 0 Å². The van der Waals surface area contributed by atoms with Gasteiger partial charge in [0, 0.05) is 0 Å². The van der Waals surface area contributed by atoms with E-state index in [1.807, 2.05) is 0 Å². The number of nitrogens with two attached hydrogens (primary N) is 1. The molecule has 1 aromatic heterocycles. The van der Waals surface area contributed by atoms with Crippen molar-refractivity contribution in [3.63, 3.8) is 0 Å². The van der Waals surface area contributed by atoms with Crippen LogP contribution >= 0.6 is 11.3 Å². The molecule has 0 bridgehead atoms. The van der Waals surface area contributed by atoms with Crippen LogP contribution < -0.4 is 5.73 Å². The molecule has 0 saturated carbocycles. The topological polar surface area (TPSA) is 26.0 Å². The molecule has 2 heteroatoms. The highest BCUT2D eigenvalue weighted by Crippen LogP contribution is 2.12. The van der Waals surface area contributed by atoms with Crippen LogP contribution in [-0.2, 0) is 6.42 Å². The third kappa shape index (κ3) is 3.37. The number of hydrogen-bond donors (Lipinski definition) is 1. The van der Waals surface area contributed by atoms with Crippen LogP contribution in [-0.4, -0.2) is 6.54 Å². The van der Waals surface area contributed by atoms with Crippen molar-refractivity contribution in [3.05, 3.63) is 22.4 Å². The van der Waals surface area contributed by atoms with Crippen molar-refractivity contribution in [2.24, 2.45) is 11.7 Å². The van der Waals surface area contributed by atoms with E-state index >= 15 is 0 Å². The van der Waals surface area contributed by atoms with Gasteiger partial charge in [0.15, 0.2) is 0 Å². The smallest absolute Gasteiger partial charge is 0.00515 e. The first-order chi connectivity index (χ1) is 5.83. The lowest BCUT2D eigenvalue weighted by Crippen LogP contribution is -2.10. The second kappa shape index (κ2) is 5.33. The lowest BCUT2D eigenvalue weighted by molar-refractivity contribution is 0.521. The van der Waals surface area contributed by atoms with Gasteiger partial charge in [-0.1, -0.05) is 6.92 Å². The largest absolute Gasteiger partial charge is 0.330 e. The van der Waals surface area contributed by atoms with Crippen LogP contribution in [0, 0.1) is 5.92 Å². The first kappa shape index (κ1) is 9.75. The minimum atomic E-state index is 0.684. The highest BCUT2D eigenvalue weighted by Gasteiger charge is 1.99. The third-order valence-electron chi connectivity index (χ3n) is 2.14. The van der Waals surface area contributed by atoms with Gasteiger partial charge in [-0.15, -0.1) is 0 Å². The van der Waals surface area contributed by atoms with Crippen LogP contribution in [0.1, 0.15) is 25.3 Å². The molecule has 12 heavy (non-hydrogen) atoms. The Morgan fingerprint density at radius 1 is 1.58 bits per heavy atom. The third-order valence-corrected chi connectivity index (χ3v) is 2.88. The van der Waals surface area contributed by atoms with Crippen molar-refractivity contribution in [2.75, 3.05) is 6.54 Å². The van der Waals surface area contributed by atoms with Crippen LogP contribution in [0.2, 0.25) is 0 Å². The van der Waals surface area contributed by atoms with Gasteiger partial charge in [0.1, 0.15) is 0 Å². The van der Waals surface area contributed by atoms with Gasteiger partial charge in [0.2, 0.25) is 0 Å². The molecule has 1 rings (SSSR count). The fraction of sp³-hybridized carbons (Fsp3) is 0.600. The Bertz CT molecular complexity index is 194. The Hall–Kier alpha value is -0.340. The summed E-state index contributed by atoms with van der Waals surface area (Å²) in [7, 11) is 0. The van der Waals surface area contributed by atoms with Crippen molar-refractivity contribution in [1.29, 1.82) is 0 Å². The summed E-state index contributed by atoms with van der Waals surface area (Å²) in [6.45, 7) is 3.04. The molecular formula is C10H17NS. The van der Waals surface area contributed by atoms with E-state index in [0.29, 0.717) is 5.92 Å². The minimum Gasteiger partial charge on any atom is -0.330 e. The number of rotatable bonds is 5. The standard InChI is InChI=1S/C10H17NS/c1-9(7-11)3-2-4-10-5-6-12-8-10/h5-6,8-9H,2-4,7,11H2,1H3. The summed E-state index contributed by atoms with van der Waals surface area (Å²) in [5.74, 6) is 0.684. The maximum atomic E-state index is 5.53. The normalized spacial score (nSPS) is 13.2. The predicted octanol–water partition coefficient (Wildman–Crippen LogP) is 2.67. The second-order valence-corrected chi connectivity index (χ2v) is 4.14. The highest BCUT2D eigenvalue weighted by atomic mass is 32.1. The van der Waals surface area contributed by atoms with Crippen LogP contribution in [0.15, 0.2) is 16.8 Å². The molecule has 1 aromatic rings. The van der Waals surface area contributed by atoms with Gasteiger partial charge >= 0.3 is 0 Å². The summed E-state index contributed by atoms with van der Waals surface area (Å²) >= 11 is 1.78. The molecule has 0 radical (unpaired) electrons. The van der Waals surface area contributed by atoms with Crippen molar-refractivity contribution in [3.8, 4) is 0 Å². The molecule has 1 heterocycles. The van der Waals surface area contributed by atoms with Crippen LogP contribution in [0.25, 0.3) is 0 Å². The first-order valence-electron chi connectivity index (χ1n) is 4.54. The Morgan fingerprint density at radius 3 is 3.00 bits per heavy atom. The fourth-order valence-corrected chi connectivity index (χ4v) is 1.91. The van der Waals surface area contributed by atoms with E-state index in [4.69, 9.17) is 5.73 Å². The summed E-state index contributed by atoms with van der Waals surface area (Å²) in [6.07, 6.45) is 3.75. The average molecular weight is 183 g/mol. The summed E-state index contributed by atoms with van der Waals surface area (Å²) in [4.78, 5) is 0. The predicted molar refractivity (Wildman–Crippen MR) is 55.5 cm³/mol. The van der Waals surface area contributed by atoms with Crippen molar-refractivity contribution in [1.82, 2.24) is 0 Å². The Balaban J connectivity index is 2.11. The monoisotopic (exact) mass is 183 g/mol. The molecule has 1 unspecified atom stereocenters. The van der Waals surface area contributed by atoms with Crippen LogP contribution in [0.3, 0.4) is 0 Å². The maximum Gasteiger partial charge on any atom is -0.00515 e. The van der Waals surface area contributed by atoms with E-state index in [-0.39, 0.29) is 0 Å². The lowest BCUT2D eigenvalue weighted by Gasteiger charge is -2.06. The molecule has 0 spiro atoms. The Morgan fingerprint density at radius 2 is 2.42 bits per heavy atom. The van der Waals surface area contributed by atoms with Gasteiger partial charge < -0.3 is 5.73 Å². The molecule has 68 valence electrons. The molecule has 0 aliphatic heterocycles. The fourth-order valence-electron chi connectivity index (χ4n) is 1.21. The van der Waals surface area contributed by atoms with E-state index < -0.39 is 0 Å². The summed E-state index contributed by atoms with van der Waals surface area (Å²) < 4.78 is 0. The molecule has 0 aliphatic rings. The minimum absolute atomic E-state index is 0.684. The van der Waals surface area contributed by atoms with Gasteiger partial charge in [-0.3, -0.25) is 0 Å². The number of thiophene rings is 1. The zero-order valence-electron chi connectivity index (χ0n) is 7.62. The van der Waals surface area contributed by atoms with Gasteiger partial charge in [-0.05, 0) is 54.1 Å². The van der Waals surface area contributed by atoms with Gasteiger partial charge in [0.05, 0.1) is 0 Å². The maximum absolute atomic E-state index is 5.53. The van der Waals surface area contributed by atoms with E-state index in [2.05, 4.69) is 23.8 Å². The lowest BCUT2D eigenvalue weighted by atomic mass is 10.0. The number of aryl methyl sites for hydroxylation is 1. The van der Waals surface area contributed by atoms with Gasteiger partial charge in [-0.2, -0.15) is 11.3 Å². The van der Waals surface area contributed by atoms with Crippen LogP contribution in [0.4, 0.5) is 0 Å². The highest BCUT2D eigenvalue weighted by molar-refractivity contribution is 7.07. The van der Waals surface area contributed by atoms with Crippen molar-refractivity contribution in [2.45, 2.75) is 26.2 Å². The van der Waals surface area contributed by atoms with Crippen molar-refractivity contribution >= 4 is 11.3 Å². The number of hydrogen-bond acceptors (Lipinski definition) is 2. The molecular weight excluding hydrogens is 166 g/mol. The molecule has 1 nitrogen and oxygen atoms in total. The molecule has 2 N–H and O–H groups in total. The van der Waals surface area contributed by atoms with Gasteiger partial charge in [-0.25, -0.2) is 0 Å². The molecule has 1 atom stereocenters. The van der Waals surface area contributed by atoms with Gasteiger partial charge in [0.25, 0.3) is 0 Å². The summed E-state index contributed by atoms with van der Waals surface area (Å²) in [6, 6.07) is 2.21. The Labute approximate surface area is 78.6 Å². The first-order valence-corrected chi connectivity index (χ1v) is 5.48. The summed E-state index contributed by atoms with van der Waals surface area (Å²) in [5.41, 5.74) is 7.01. The quantitative estimate of drug-likeness (QED) is 0.746.